The number of aromatic nitrogens is 2. The molecule has 130 valence electrons. The van der Waals surface area contributed by atoms with Gasteiger partial charge < -0.3 is 9.88 Å². The van der Waals surface area contributed by atoms with Crippen molar-refractivity contribution < 1.29 is 9.18 Å². The zero-order valence-electron chi connectivity index (χ0n) is 14.1. The van der Waals surface area contributed by atoms with E-state index in [9.17, 15) is 9.18 Å². The number of benzene rings is 2. The molecule has 25 heavy (non-hydrogen) atoms. The predicted octanol–water partition coefficient (Wildman–Crippen LogP) is 4.46. The molecule has 0 spiro atoms. The van der Waals surface area contributed by atoms with Crippen LogP contribution in [0.4, 0.5) is 4.39 Å². The highest BCUT2D eigenvalue weighted by molar-refractivity contribution is 6.31. The number of carbonyl (C=O) groups is 1. The van der Waals surface area contributed by atoms with Crippen LogP contribution in [0.1, 0.15) is 37.7 Å². The summed E-state index contributed by atoms with van der Waals surface area (Å²) in [6, 6.07) is 12.0. The van der Waals surface area contributed by atoms with Gasteiger partial charge in [-0.25, -0.2) is 9.37 Å². The molecule has 1 heterocycles. The summed E-state index contributed by atoms with van der Waals surface area (Å²) in [4.78, 5) is 16.4. The van der Waals surface area contributed by atoms with Crippen molar-refractivity contribution in [3.8, 4) is 0 Å². The normalized spacial score (nSPS) is 12.3. The number of hydrogen-bond acceptors (Lipinski definition) is 2. The van der Waals surface area contributed by atoms with Gasteiger partial charge in [0.25, 0.3) is 0 Å². The van der Waals surface area contributed by atoms with Gasteiger partial charge in [0.15, 0.2) is 0 Å². The molecule has 1 amide bonds. The Hall–Kier alpha value is -2.40. The Morgan fingerprint density at radius 1 is 1.28 bits per heavy atom. The van der Waals surface area contributed by atoms with Crippen LogP contribution in [-0.2, 0) is 11.3 Å². The number of halogens is 2. The van der Waals surface area contributed by atoms with Crippen LogP contribution in [0.15, 0.2) is 42.5 Å². The van der Waals surface area contributed by atoms with Gasteiger partial charge in [-0.15, -0.1) is 0 Å². The highest BCUT2D eigenvalue weighted by atomic mass is 35.5. The number of nitrogens with one attached hydrogen (secondary N) is 1. The summed E-state index contributed by atoms with van der Waals surface area (Å²) < 4.78 is 16.2. The summed E-state index contributed by atoms with van der Waals surface area (Å²) in [5, 5.41) is 3.28. The fraction of sp³-hybridized carbons (Fsp3) is 0.263. The second-order valence-corrected chi connectivity index (χ2v) is 6.30. The largest absolute Gasteiger partial charge is 0.346 e. The predicted molar refractivity (Wildman–Crippen MR) is 97.1 cm³/mol. The number of imidazole rings is 1. The van der Waals surface area contributed by atoms with Gasteiger partial charge in [0.05, 0.1) is 23.6 Å². The van der Waals surface area contributed by atoms with E-state index in [2.05, 4.69) is 10.3 Å². The highest BCUT2D eigenvalue weighted by Gasteiger charge is 2.19. The second kappa shape index (κ2) is 7.23. The Morgan fingerprint density at radius 2 is 2.04 bits per heavy atom. The first-order valence-electron chi connectivity index (χ1n) is 8.18. The molecule has 0 saturated heterocycles. The number of para-hydroxylation sites is 2. The van der Waals surface area contributed by atoms with E-state index >= 15 is 0 Å². The summed E-state index contributed by atoms with van der Waals surface area (Å²) in [5.74, 6) is 0.249. The monoisotopic (exact) mass is 359 g/mol. The maximum absolute atomic E-state index is 14.3. The second-order valence-electron chi connectivity index (χ2n) is 5.89. The van der Waals surface area contributed by atoms with Gasteiger partial charge in [0.2, 0.25) is 5.91 Å². The van der Waals surface area contributed by atoms with Crippen LogP contribution < -0.4 is 5.32 Å². The lowest BCUT2D eigenvalue weighted by atomic mass is 10.2. The first kappa shape index (κ1) is 17.4. The molecule has 2 aromatic carbocycles. The molecule has 3 aromatic rings. The number of hydrogen-bond donors (Lipinski definition) is 1. The van der Waals surface area contributed by atoms with Gasteiger partial charge in [-0.1, -0.05) is 36.7 Å². The maximum Gasteiger partial charge on any atom is 0.220 e. The summed E-state index contributed by atoms with van der Waals surface area (Å²) in [6.07, 6.45) is 0.393. The van der Waals surface area contributed by atoms with E-state index in [0.717, 1.165) is 11.0 Å². The van der Waals surface area contributed by atoms with Crippen LogP contribution in [0, 0.1) is 5.82 Å². The van der Waals surface area contributed by atoms with Crippen LogP contribution in [0.2, 0.25) is 5.02 Å². The van der Waals surface area contributed by atoms with Gasteiger partial charge >= 0.3 is 0 Å². The van der Waals surface area contributed by atoms with Gasteiger partial charge in [0.1, 0.15) is 11.6 Å². The topological polar surface area (TPSA) is 46.9 Å². The van der Waals surface area contributed by atoms with Crippen molar-refractivity contribution in [1.82, 2.24) is 14.9 Å². The van der Waals surface area contributed by atoms with Gasteiger partial charge in [-0.3, -0.25) is 4.79 Å². The Balaban J connectivity index is 2.09. The first-order chi connectivity index (χ1) is 12.0. The fourth-order valence-electron chi connectivity index (χ4n) is 2.84. The third-order valence-corrected chi connectivity index (χ3v) is 4.50. The molecule has 0 unspecified atom stereocenters. The quantitative estimate of drug-likeness (QED) is 0.730. The Bertz CT molecular complexity index is 902. The Morgan fingerprint density at radius 3 is 2.76 bits per heavy atom. The first-order valence-corrected chi connectivity index (χ1v) is 8.56. The van der Waals surface area contributed by atoms with E-state index in [1.807, 2.05) is 35.8 Å². The molecular weight excluding hydrogens is 341 g/mol. The van der Waals surface area contributed by atoms with Crippen LogP contribution in [-0.4, -0.2) is 15.5 Å². The molecule has 1 atom stereocenters. The molecule has 0 aliphatic carbocycles. The van der Waals surface area contributed by atoms with E-state index in [0.29, 0.717) is 22.8 Å². The molecule has 0 bridgehead atoms. The third-order valence-electron chi connectivity index (χ3n) is 4.15. The van der Waals surface area contributed by atoms with Crippen LogP contribution in [0.25, 0.3) is 11.0 Å². The molecule has 0 saturated carbocycles. The molecule has 0 aliphatic rings. The molecule has 0 aliphatic heterocycles. The van der Waals surface area contributed by atoms with Crippen molar-refractivity contribution >= 4 is 28.5 Å². The van der Waals surface area contributed by atoms with E-state index in [1.54, 1.807) is 19.1 Å². The van der Waals surface area contributed by atoms with Crippen molar-refractivity contribution in [2.24, 2.45) is 0 Å². The van der Waals surface area contributed by atoms with Crippen molar-refractivity contribution in [3.63, 3.8) is 0 Å². The van der Waals surface area contributed by atoms with Crippen molar-refractivity contribution in [3.05, 3.63) is 64.7 Å². The minimum atomic E-state index is -0.360. The summed E-state index contributed by atoms with van der Waals surface area (Å²) in [6.45, 7) is 3.91. The SMILES string of the molecule is CCC(=O)N[C@H](C)c1nc2ccccc2n1Cc1c(F)cccc1Cl. The summed E-state index contributed by atoms with van der Waals surface area (Å²) in [5.41, 5.74) is 2.07. The standard InChI is InChI=1S/C19H19ClFN3O/c1-3-18(25)22-12(2)19-23-16-9-4-5-10-17(16)24(19)11-13-14(20)7-6-8-15(13)21/h4-10,12H,3,11H2,1-2H3,(H,22,25)/t12-/m1/s1. The molecule has 6 heteroatoms. The van der Waals surface area contributed by atoms with E-state index in [4.69, 9.17) is 11.6 Å². The number of carbonyl (C=O) groups excluding carboxylic acids is 1. The number of nitrogens with zero attached hydrogens (tertiary/aromatic N) is 2. The number of rotatable bonds is 5. The smallest absolute Gasteiger partial charge is 0.220 e. The zero-order valence-corrected chi connectivity index (χ0v) is 14.8. The van der Waals surface area contributed by atoms with Crippen LogP contribution in [0.3, 0.4) is 0 Å². The summed E-state index contributed by atoms with van der Waals surface area (Å²) >= 11 is 6.19. The number of fused-ring (bicyclic) bond motifs is 1. The lowest BCUT2D eigenvalue weighted by Gasteiger charge is -2.17. The highest BCUT2D eigenvalue weighted by Crippen LogP contribution is 2.26. The Labute approximate surface area is 150 Å². The van der Waals surface area contributed by atoms with Crippen LogP contribution in [0.5, 0.6) is 0 Å². The van der Waals surface area contributed by atoms with E-state index in [-0.39, 0.29) is 24.3 Å². The van der Waals surface area contributed by atoms with Crippen molar-refractivity contribution in [2.45, 2.75) is 32.9 Å². The summed E-state index contributed by atoms with van der Waals surface area (Å²) in [7, 11) is 0. The molecule has 4 nitrogen and oxygen atoms in total. The average molecular weight is 360 g/mol. The van der Waals surface area contributed by atoms with E-state index < -0.39 is 0 Å². The molecule has 1 aromatic heterocycles. The van der Waals surface area contributed by atoms with Gasteiger partial charge in [0, 0.05) is 17.0 Å². The van der Waals surface area contributed by atoms with Gasteiger partial charge in [-0.05, 0) is 31.2 Å². The third kappa shape index (κ3) is 3.51. The average Bonchev–Trinajstić information content (AvgIpc) is 2.97. The minimum absolute atomic E-state index is 0.0602. The maximum atomic E-state index is 14.3. The number of amides is 1. The molecular formula is C19H19ClFN3O. The lowest BCUT2D eigenvalue weighted by molar-refractivity contribution is -0.121. The fourth-order valence-corrected chi connectivity index (χ4v) is 3.06. The van der Waals surface area contributed by atoms with Gasteiger partial charge in [-0.2, -0.15) is 0 Å². The Kier molecular flexibility index (Phi) is 5.04. The van der Waals surface area contributed by atoms with Crippen molar-refractivity contribution in [1.29, 1.82) is 0 Å². The van der Waals surface area contributed by atoms with E-state index in [1.165, 1.54) is 6.07 Å². The molecule has 3 rings (SSSR count). The molecule has 0 radical (unpaired) electrons. The lowest BCUT2D eigenvalue weighted by Crippen LogP contribution is -2.28. The van der Waals surface area contributed by atoms with Crippen molar-refractivity contribution in [2.75, 3.05) is 0 Å². The zero-order chi connectivity index (χ0) is 18.0. The molecule has 0 fully saturated rings. The minimum Gasteiger partial charge on any atom is -0.346 e. The van der Waals surface area contributed by atoms with Crippen LogP contribution >= 0.6 is 11.6 Å². The molecule has 1 N–H and O–H groups in total.